The van der Waals surface area contributed by atoms with Crippen LogP contribution in [0.1, 0.15) is 15.9 Å². The van der Waals surface area contributed by atoms with Crippen LogP contribution < -0.4 is 24.4 Å². The van der Waals surface area contributed by atoms with Gasteiger partial charge in [-0.15, -0.1) is 0 Å². The van der Waals surface area contributed by atoms with E-state index in [2.05, 4.69) is 23.4 Å². The Morgan fingerprint density at radius 1 is 1.00 bits per heavy atom. The van der Waals surface area contributed by atoms with E-state index in [9.17, 15) is 14.0 Å². The highest BCUT2D eigenvalue weighted by Gasteiger charge is 2.20. The third-order valence-corrected chi connectivity index (χ3v) is 5.50. The lowest BCUT2D eigenvalue weighted by Gasteiger charge is -2.21. The summed E-state index contributed by atoms with van der Waals surface area (Å²) in [6, 6.07) is 12.9. The van der Waals surface area contributed by atoms with Gasteiger partial charge in [0.15, 0.2) is 0 Å². The van der Waals surface area contributed by atoms with Crippen molar-refractivity contribution in [2.45, 2.75) is 6.92 Å². The van der Waals surface area contributed by atoms with Crippen molar-refractivity contribution in [2.24, 2.45) is 0 Å². The molecule has 0 saturated heterocycles. The Morgan fingerprint density at radius 2 is 1.70 bits per heavy atom. The SMILES string of the molecule is COc1cc(C)c(Cl)cc1NC(=O)N(S)c1ccc(NC(=O)c2ccccc2F)cc1OC. The van der Waals surface area contributed by atoms with Gasteiger partial charge in [0.25, 0.3) is 5.91 Å². The number of hydrogen-bond acceptors (Lipinski definition) is 5. The lowest BCUT2D eigenvalue weighted by atomic mass is 10.2. The maximum absolute atomic E-state index is 13.9. The number of urea groups is 1. The Bertz CT molecular complexity index is 1210. The first-order chi connectivity index (χ1) is 15.7. The van der Waals surface area contributed by atoms with Crippen molar-refractivity contribution >= 4 is 53.4 Å². The van der Waals surface area contributed by atoms with Crippen molar-refractivity contribution in [1.82, 2.24) is 0 Å². The minimum Gasteiger partial charge on any atom is -0.495 e. The van der Waals surface area contributed by atoms with Crippen LogP contribution in [0.3, 0.4) is 0 Å². The number of carbonyl (C=O) groups excluding carboxylic acids is 2. The lowest BCUT2D eigenvalue weighted by Crippen LogP contribution is -2.27. The molecule has 0 aromatic heterocycles. The van der Waals surface area contributed by atoms with Gasteiger partial charge in [-0.3, -0.25) is 4.79 Å². The van der Waals surface area contributed by atoms with Crippen molar-refractivity contribution < 1.29 is 23.5 Å². The highest BCUT2D eigenvalue weighted by atomic mass is 35.5. The molecule has 0 aliphatic rings. The first kappa shape index (κ1) is 24.2. The van der Waals surface area contributed by atoms with Gasteiger partial charge in [-0.25, -0.2) is 13.5 Å². The van der Waals surface area contributed by atoms with Crippen molar-refractivity contribution in [3.63, 3.8) is 0 Å². The second-order valence-electron chi connectivity index (χ2n) is 6.86. The number of nitrogens with one attached hydrogen (secondary N) is 2. The third-order valence-electron chi connectivity index (χ3n) is 4.70. The summed E-state index contributed by atoms with van der Waals surface area (Å²) in [7, 11) is 2.89. The van der Waals surface area contributed by atoms with E-state index in [1.54, 1.807) is 18.2 Å². The van der Waals surface area contributed by atoms with Crippen LogP contribution in [-0.4, -0.2) is 26.2 Å². The molecule has 3 amide bonds. The Kier molecular flexibility index (Phi) is 7.67. The molecule has 0 aliphatic heterocycles. The zero-order valence-corrected chi connectivity index (χ0v) is 19.6. The third kappa shape index (κ3) is 5.50. The molecule has 2 N–H and O–H groups in total. The fraction of sp³-hybridized carbons (Fsp3) is 0.130. The standard InChI is InChI=1S/C23H21ClFN3O4S/c1-13-10-20(31-2)18(12-16(13)24)27-23(30)28(33)19-9-8-14(11-21(19)32-3)26-22(29)15-6-4-5-7-17(15)25/h4-12,33H,1-3H3,(H,26,29)(H,27,30). The molecule has 0 atom stereocenters. The number of thiol groups is 1. The molecule has 0 heterocycles. The molecule has 172 valence electrons. The largest absolute Gasteiger partial charge is 0.495 e. The predicted octanol–water partition coefficient (Wildman–Crippen LogP) is 5.94. The molecule has 0 aliphatic carbocycles. The summed E-state index contributed by atoms with van der Waals surface area (Å²) in [6.07, 6.45) is 0. The molecular formula is C23H21ClFN3O4S. The second-order valence-corrected chi connectivity index (χ2v) is 7.67. The van der Waals surface area contributed by atoms with Crippen LogP contribution in [-0.2, 0) is 0 Å². The van der Waals surface area contributed by atoms with Crippen LogP contribution >= 0.6 is 24.4 Å². The maximum Gasteiger partial charge on any atom is 0.336 e. The van der Waals surface area contributed by atoms with E-state index in [0.717, 1.165) is 9.87 Å². The summed E-state index contributed by atoms with van der Waals surface area (Å²) in [5.74, 6) is -0.569. The van der Waals surface area contributed by atoms with E-state index >= 15 is 0 Å². The zero-order valence-electron chi connectivity index (χ0n) is 18.0. The van der Waals surface area contributed by atoms with E-state index < -0.39 is 17.8 Å². The van der Waals surface area contributed by atoms with E-state index in [1.807, 2.05) is 6.92 Å². The van der Waals surface area contributed by atoms with Crippen molar-refractivity contribution in [2.75, 3.05) is 29.2 Å². The molecule has 0 fully saturated rings. The Morgan fingerprint density at radius 3 is 2.36 bits per heavy atom. The number of ether oxygens (including phenoxy) is 2. The number of amides is 3. The normalized spacial score (nSPS) is 10.4. The van der Waals surface area contributed by atoms with Crippen LogP contribution in [0.15, 0.2) is 54.6 Å². The number of rotatable bonds is 6. The molecule has 3 aromatic rings. The Hall–Kier alpha value is -3.43. The first-order valence-electron chi connectivity index (χ1n) is 9.63. The van der Waals surface area contributed by atoms with Crippen LogP contribution in [0.25, 0.3) is 0 Å². The van der Waals surface area contributed by atoms with E-state index in [-0.39, 0.29) is 11.3 Å². The molecule has 0 radical (unpaired) electrons. The summed E-state index contributed by atoms with van der Waals surface area (Å²) in [6.45, 7) is 1.82. The van der Waals surface area contributed by atoms with E-state index in [4.69, 9.17) is 21.1 Å². The molecule has 3 aromatic carbocycles. The number of anilines is 3. The quantitative estimate of drug-likeness (QED) is 0.374. The number of nitrogens with zero attached hydrogens (tertiary/aromatic N) is 1. The van der Waals surface area contributed by atoms with Crippen molar-refractivity contribution in [1.29, 1.82) is 0 Å². The number of carbonyl (C=O) groups is 2. The van der Waals surface area contributed by atoms with Gasteiger partial charge in [-0.2, -0.15) is 0 Å². The zero-order chi connectivity index (χ0) is 24.1. The maximum atomic E-state index is 13.9. The summed E-state index contributed by atoms with van der Waals surface area (Å²) < 4.78 is 25.6. The van der Waals surface area contributed by atoms with Crippen LogP contribution in [0.5, 0.6) is 11.5 Å². The molecule has 33 heavy (non-hydrogen) atoms. The van der Waals surface area contributed by atoms with Gasteiger partial charge < -0.3 is 20.1 Å². The smallest absolute Gasteiger partial charge is 0.336 e. The van der Waals surface area contributed by atoms with Crippen molar-refractivity contribution in [3.8, 4) is 11.5 Å². The van der Waals surface area contributed by atoms with Gasteiger partial charge in [0, 0.05) is 16.8 Å². The van der Waals surface area contributed by atoms with Gasteiger partial charge in [0.1, 0.15) is 17.3 Å². The summed E-state index contributed by atoms with van der Waals surface area (Å²) in [5, 5.41) is 5.75. The lowest BCUT2D eigenvalue weighted by molar-refractivity contribution is 0.102. The minimum atomic E-state index is -0.636. The van der Waals surface area contributed by atoms with Gasteiger partial charge in [0.2, 0.25) is 0 Å². The summed E-state index contributed by atoms with van der Waals surface area (Å²) >= 11 is 10.4. The van der Waals surface area contributed by atoms with Gasteiger partial charge >= 0.3 is 6.03 Å². The van der Waals surface area contributed by atoms with Crippen molar-refractivity contribution in [3.05, 3.63) is 76.6 Å². The highest BCUT2D eigenvalue weighted by Crippen LogP contribution is 2.35. The van der Waals surface area contributed by atoms with Gasteiger partial charge in [0.05, 0.1) is 31.2 Å². The van der Waals surface area contributed by atoms with E-state index in [0.29, 0.717) is 27.8 Å². The monoisotopic (exact) mass is 489 g/mol. The minimum absolute atomic E-state index is 0.0959. The Labute approximate surface area is 201 Å². The number of benzene rings is 3. The average molecular weight is 490 g/mol. The topological polar surface area (TPSA) is 79.9 Å². The van der Waals surface area contributed by atoms with E-state index in [1.165, 1.54) is 50.6 Å². The van der Waals surface area contributed by atoms with Crippen LogP contribution in [0.2, 0.25) is 5.02 Å². The molecule has 7 nitrogen and oxygen atoms in total. The molecule has 10 heteroatoms. The molecule has 0 saturated carbocycles. The van der Waals surface area contributed by atoms with Gasteiger partial charge in [-0.1, -0.05) is 36.5 Å². The number of methoxy groups -OCH3 is 2. The molecular weight excluding hydrogens is 469 g/mol. The second kappa shape index (κ2) is 10.5. The average Bonchev–Trinajstić information content (AvgIpc) is 2.80. The summed E-state index contributed by atoms with van der Waals surface area (Å²) in [5.41, 5.74) is 1.72. The number of halogens is 2. The van der Waals surface area contributed by atoms with Crippen LogP contribution in [0, 0.1) is 12.7 Å². The van der Waals surface area contributed by atoms with Crippen LogP contribution in [0.4, 0.5) is 26.2 Å². The molecule has 0 unspecified atom stereocenters. The fourth-order valence-corrected chi connectivity index (χ4v) is 3.35. The molecule has 3 rings (SSSR count). The first-order valence-corrected chi connectivity index (χ1v) is 10.4. The molecule has 0 bridgehead atoms. The highest BCUT2D eigenvalue weighted by molar-refractivity contribution is 7.82. The fourth-order valence-electron chi connectivity index (χ4n) is 2.97. The Balaban J connectivity index is 1.80. The summed E-state index contributed by atoms with van der Waals surface area (Å²) in [4.78, 5) is 25.2. The predicted molar refractivity (Wildman–Crippen MR) is 131 cm³/mol. The number of aryl methyl sites for hydroxylation is 1. The van der Waals surface area contributed by atoms with Gasteiger partial charge in [-0.05, 0) is 48.9 Å². The number of hydrogen-bond donors (Lipinski definition) is 3. The molecule has 0 spiro atoms.